The number of rotatable bonds is 7. The lowest BCUT2D eigenvalue weighted by Crippen LogP contribution is -2.28. The normalized spacial score (nSPS) is 11.8. The van der Waals surface area contributed by atoms with Gasteiger partial charge in [0.15, 0.2) is 11.5 Å². The molecule has 5 nitrogen and oxygen atoms in total. The number of hydrogen-bond donors (Lipinski definition) is 2. The molecule has 0 bridgehead atoms. The van der Waals surface area contributed by atoms with Crippen LogP contribution in [0.4, 0.5) is 5.69 Å². The lowest BCUT2D eigenvalue weighted by molar-refractivity contribution is -0.119. The summed E-state index contributed by atoms with van der Waals surface area (Å²) in [5.74, 6) is 1.16. The maximum absolute atomic E-state index is 11.9. The second kappa shape index (κ2) is 7.63. The van der Waals surface area contributed by atoms with Crippen LogP contribution in [-0.2, 0) is 4.79 Å². The molecule has 1 rings (SSSR count). The first kappa shape index (κ1) is 15.3. The summed E-state index contributed by atoms with van der Waals surface area (Å²) in [7, 11) is 3.41. The van der Waals surface area contributed by atoms with Crippen molar-refractivity contribution in [1.82, 2.24) is 5.32 Å². The monoisotopic (exact) mass is 266 g/mol. The minimum Gasteiger partial charge on any atom is -0.493 e. The summed E-state index contributed by atoms with van der Waals surface area (Å²) in [4.78, 5) is 11.9. The van der Waals surface area contributed by atoms with Gasteiger partial charge in [0.05, 0.1) is 13.7 Å². The molecule has 0 aliphatic heterocycles. The van der Waals surface area contributed by atoms with Gasteiger partial charge in [-0.1, -0.05) is 6.92 Å². The molecule has 2 N–H and O–H groups in total. The first-order chi connectivity index (χ1) is 9.12. The van der Waals surface area contributed by atoms with Gasteiger partial charge in [0, 0.05) is 24.2 Å². The van der Waals surface area contributed by atoms with Gasteiger partial charge < -0.3 is 20.1 Å². The Kier molecular flexibility index (Phi) is 6.15. The van der Waals surface area contributed by atoms with E-state index in [0.717, 1.165) is 0 Å². The van der Waals surface area contributed by atoms with E-state index in [1.54, 1.807) is 25.3 Å². The Bertz CT molecular complexity index is 421. The number of methoxy groups -OCH3 is 1. The number of amides is 1. The highest BCUT2D eigenvalue weighted by molar-refractivity contribution is 5.92. The fraction of sp³-hybridized carbons (Fsp3) is 0.500. The number of anilines is 1. The van der Waals surface area contributed by atoms with E-state index in [1.165, 1.54) is 0 Å². The van der Waals surface area contributed by atoms with Crippen molar-refractivity contribution in [3.8, 4) is 11.5 Å². The van der Waals surface area contributed by atoms with Crippen LogP contribution >= 0.6 is 0 Å². The molecule has 0 radical (unpaired) electrons. The van der Waals surface area contributed by atoms with Crippen LogP contribution < -0.4 is 20.1 Å². The number of ether oxygens (including phenoxy) is 2. The van der Waals surface area contributed by atoms with Crippen LogP contribution in [0.1, 0.15) is 13.8 Å². The molecule has 1 aromatic carbocycles. The predicted octanol–water partition coefficient (Wildman–Crippen LogP) is 1.89. The molecule has 1 amide bonds. The van der Waals surface area contributed by atoms with Crippen molar-refractivity contribution >= 4 is 11.6 Å². The van der Waals surface area contributed by atoms with Crippen molar-refractivity contribution in [3.05, 3.63) is 18.2 Å². The number of nitrogens with one attached hydrogen (secondary N) is 2. The van der Waals surface area contributed by atoms with Crippen molar-refractivity contribution in [3.63, 3.8) is 0 Å². The average molecular weight is 266 g/mol. The van der Waals surface area contributed by atoms with Gasteiger partial charge >= 0.3 is 0 Å². The van der Waals surface area contributed by atoms with Gasteiger partial charge in [0.25, 0.3) is 0 Å². The van der Waals surface area contributed by atoms with E-state index in [9.17, 15) is 4.79 Å². The second-order valence-corrected chi connectivity index (χ2v) is 4.25. The molecular formula is C14H22N2O3. The zero-order valence-corrected chi connectivity index (χ0v) is 11.9. The predicted molar refractivity (Wildman–Crippen MR) is 75.9 cm³/mol. The van der Waals surface area contributed by atoms with Gasteiger partial charge in [0.1, 0.15) is 0 Å². The summed E-state index contributed by atoms with van der Waals surface area (Å²) in [5, 5.41) is 5.84. The Morgan fingerprint density at radius 2 is 2.11 bits per heavy atom. The third-order valence-electron chi connectivity index (χ3n) is 2.69. The van der Waals surface area contributed by atoms with E-state index in [-0.39, 0.29) is 11.8 Å². The molecule has 0 saturated heterocycles. The van der Waals surface area contributed by atoms with Gasteiger partial charge in [-0.2, -0.15) is 0 Å². The van der Waals surface area contributed by atoms with Crippen LogP contribution in [0.2, 0.25) is 0 Å². The molecule has 0 spiro atoms. The van der Waals surface area contributed by atoms with Crippen LogP contribution in [0.5, 0.6) is 11.5 Å². The van der Waals surface area contributed by atoms with E-state index in [4.69, 9.17) is 9.47 Å². The Hall–Kier alpha value is -1.75. The zero-order chi connectivity index (χ0) is 14.3. The molecule has 0 aromatic heterocycles. The van der Waals surface area contributed by atoms with Crippen LogP contribution in [-0.4, -0.2) is 33.2 Å². The zero-order valence-electron chi connectivity index (χ0n) is 11.9. The summed E-state index contributed by atoms with van der Waals surface area (Å²) in [5.41, 5.74) is 0.706. The summed E-state index contributed by atoms with van der Waals surface area (Å²) >= 11 is 0. The van der Waals surface area contributed by atoms with E-state index in [1.807, 2.05) is 20.9 Å². The molecule has 106 valence electrons. The topological polar surface area (TPSA) is 59.6 Å². The number of carbonyl (C=O) groups is 1. The molecule has 0 heterocycles. The van der Waals surface area contributed by atoms with Gasteiger partial charge in [-0.3, -0.25) is 4.79 Å². The molecule has 0 aliphatic rings. The number of benzene rings is 1. The van der Waals surface area contributed by atoms with Crippen LogP contribution in [0.3, 0.4) is 0 Å². The fourth-order valence-electron chi connectivity index (χ4n) is 1.69. The highest BCUT2D eigenvalue weighted by Gasteiger charge is 2.13. The van der Waals surface area contributed by atoms with E-state index in [0.29, 0.717) is 30.3 Å². The highest BCUT2D eigenvalue weighted by Crippen LogP contribution is 2.30. The molecule has 1 unspecified atom stereocenters. The van der Waals surface area contributed by atoms with E-state index in [2.05, 4.69) is 10.6 Å². The van der Waals surface area contributed by atoms with Crippen molar-refractivity contribution in [1.29, 1.82) is 0 Å². The van der Waals surface area contributed by atoms with E-state index >= 15 is 0 Å². The molecule has 0 aliphatic carbocycles. The van der Waals surface area contributed by atoms with Crippen LogP contribution in [0.25, 0.3) is 0 Å². The number of hydrogen-bond acceptors (Lipinski definition) is 4. The van der Waals surface area contributed by atoms with Crippen LogP contribution in [0.15, 0.2) is 18.2 Å². The van der Waals surface area contributed by atoms with Crippen molar-refractivity contribution < 1.29 is 14.3 Å². The summed E-state index contributed by atoms with van der Waals surface area (Å²) < 4.78 is 10.7. The standard InChI is InChI=1S/C14H22N2O3/c1-5-19-13-8-11(6-7-12(13)18-4)16-14(17)10(2)9-15-3/h6-8,10,15H,5,9H2,1-4H3,(H,16,17). The summed E-state index contributed by atoms with van der Waals surface area (Å²) in [6.07, 6.45) is 0. The lowest BCUT2D eigenvalue weighted by atomic mass is 10.1. The van der Waals surface area contributed by atoms with E-state index < -0.39 is 0 Å². The molecule has 1 aromatic rings. The van der Waals surface area contributed by atoms with Gasteiger partial charge in [-0.15, -0.1) is 0 Å². The summed E-state index contributed by atoms with van der Waals surface area (Å²) in [6.45, 7) is 4.96. The Morgan fingerprint density at radius 3 is 2.68 bits per heavy atom. The maximum atomic E-state index is 11.9. The molecule has 0 saturated carbocycles. The molecule has 5 heteroatoms. The minimum absolute atomic E-state index is 0.0260. The lowest BCUT2D eigenvalue weighted by Gasteiger charge is -2.14. The van der Waals surface area contributed by atoms with Gasteiger partial charge in [0.2, 0.25) is 5.91 Å². The van der Waals surface area contributed by atoms with Gasteiger partial charge in [-0.05, 0) is 26.1 Å². The Labute approximate surface area is 114 Å². The third kappa shape index (κ3) is 4.44. The fourth-order valence-corrected chi connectivity index (χ4v) is 1.69. The molecule has 1 atom stereocenters. The number of carbonyl (C=O) groups excluding carboxylic acids is 1. The molecular weight excluding hydrogens is 244 g/mol. The minimum atomic E-state index is -0.0948. The molecule has 0 fully saturated rings. The first-order valence-corrected chi connectivity index (χ1v) is 6.38. The Morgan fingerprint density at radius 1 is 1.37 bits per heavy atom. The van der Waals surface area contributed by atoms with Crippen LogP contribution in [0, 0.1) is 5.92 Å². The van der Waals surface area contributed by atoms with Crippen molar-refractivity contribution in [2.45, 2.75) is 13.8 Å². The average Bonchev–Trinajstić information content (AvgIpc) is 2.39. The third-order valence-corrected chi connectivity index (χ3v) is 2.69. The first-order valence-electron chi connectivity index (χ1n) is 6.38. The van der Waals surface area contributed by atoms with Gasteiger partial charge in [-0.25, -0.2) is 0 Å². The Balaban J connectivity index is 2.78. The van der Waals surface area contributed by atoms with Crippen molar-refractivity contribution in [2.24, 2.45) is 5.92 Å². The van der Waals surface area contributed by atoms with Crippen molar-refractivity contribution in [2.75, 3.05) is 32.6 Å². The highest BCUT2D eigenvalue weighted by atomic mass is 16.5. The quantitative estimate of drug-likeness (QED) is 0.791. The smallest absolute Gasteiger partial charge is 0.228 e. The SMILES string of the molecule is CCOc1cc(NC(=O)C(C)CNC)ccc1OC. The largest absolute Gasteiger partial charge is 0.493 e. The second-order valence-electron chi connectivity index (χ2n) is 4.25. The summed E-state index contributed by atoms with van der Waals surface area (Å²) in [6, 6.07) is 5.35. The molecule has 19 heavy (non-hydrogen) atoms. The maximum Gasteiger partial charge on any atom is 0.228 e.